The highest BCUT2D eigenvalue weighted by molar-refractivity contribution is 5.98. The van der Waals surface area contributed by atoms with Gasteiger partial charge < -0.3 is 16.4 Å². The van der Waals surface area contributed by atoms with Crippen molar-refractivity contribution in [2.45, 2.75) is 33.1 Å². The van der Waals surface area contributed by atoms with E-state index in [2.05, 4.69) is 15.7 Å². The van der Waals surface area contributed by atoms with Crippen molar-refractivity contribution in [3.63, 3.8) is 0 Å². The summed E-state index contributed by atoms with van der Waals surface area (Å²) in [6, 6.07) is 0. The molecule has 7 nitrogen and oxygen atoms in total. The number of rotatable bonds is 7. The second-order valence-corrected chi connectivity index (χ2v) is 4.54. The molecule has 0 fully saturated rings. The zero-order valence-corrected chi connectivity index (χ0v) is 12.3. The van der Waals surface area contributed by atoms with Crippen LogP contribution in [-0.2, 0) is 18.3 Å². The zero-order valence-electron chi connectivity index (χ0n) is 12.3. The zero-order chi connectivity index (χ0) is 15.1. The molecule has 0 aliphatic carbocycles. The van der Waals surface area contributed by atoms with Crippen LogP contribution in [0.3, 0.4) is 0 Å². The second-order valence-electron chi connectivity index (χ2n) is 4.54. The minimum atomic E-state index is -0.305. The summed E-state index contributed by atoms with van der Waals surface area (Å²) < 4.78 is 1.47. The third kappa shape index (κ3) is 3.97. The Morgan fingerprint density at radius 2 is 1.95 bits per heavy atom. The fourth-order valence-electron chi connectivity index (χ4n) is 1.85. The van der Waals surface area contributed by atoms with Gasteiger partial charge >= 0.3 is 0 Å². The van der Waals surface area contributed by atoms with E-state index >= 15 is 0 Å². The van der Waals surface area contributed by atoms with Crippen LogP contribution in [0.25, 0.3) is 0 Å². The number of carbonyl (C=O) groups is 2. The molecule has 20 heavy (non-hydrogen) atoms. The highest BCUT2D eigenvalue weighted by atomic mass is 16.2. The molecule has 0 aromatic carbocycles. The van der Waals surface area contributed by atoms with Crippen LogP contribution in [0.15, 0.2) is 0 Å². The van der Waals surface area contributed by atoms with Crippen LogP contribution in [-0.4, -0.2) is 34.7 Å². The Morgan fingerprint density at radius 3 is 2.50 bits per heavy atom. The Morgan fingerprint density at radius 1 is 1.25 bits per heavy atom. The number of anilines is 1. The fourth-order valence-corrected chi connectivity index (χ4v) is 1.85. The highest BCUT2D eigenvalue weighted by Crippen LogP contribution is 2.16. The van der Waals surface area contributed by atoms with Crippen molar-refractivity contribution in [2.24, 2.45) is 7.05 Å². The van der Waals surface area contributed by atoms with Crippen LogP contribution in [0, 0.1) is 0 Å². The van der Waals surface area contributed by atoms with Gasteiger partial charge in [0.1, 0.15) is 5.69 Å². The van der Waals surface area contributed by atoms with E-state index in [1.165, 1.54) is 4.68 Å². The molecule has 0 saturated heterocycles. The molecule has 0 unspecified atom stereocenters. The summed E-state index contributed by atoms with van der Waals surface area (Å²) in [6.45, 7) is 4.85. The third-order valence-corrected chi connectivity index (χ3v) is 2.92. The summed E-state index contributed by atoms with van der Waals surface area (Å²) in [7, 11) is 1.68. The van der Waals surface area contributed by atoms with E-state index < -0.39 is 0 Å². The number of hydrogen-bond donors (Lipinski definition) is 3. The third-order valence-electron chi connectivity index (χ3n) is 2.92. The Hall–Kier alpha value is -2.05. The summed E-state index contributed by atoms with van der Waals surface area (Å²) in [5.74, 6) is -0.375. The van der Waals surface area contributed by atoms with Crippen molar-refractivity contribution in [1.82, 2.24) is 20.4 Å². The van der Waals surface area contributed by atoms with E-state index in [1.54, 1.807) is 7.05 Å². The summed E-state index contributed by atoms with van der Waals surface area (Å²) >= 11 is 0. The van der Waals surface area contributed by atoms with Gasteiger partial charge in [-0.3, -0.25) is 14.3 Å². The van der Waals surface area contributed by atoms with Gasteiger partial charge in [0, 0.05) is 26.6 Å². The first-order valence-corrected chi connectivity index (χ1v) is 6.87. The van der Waals surface area contributed by atoms with Gasteiger partial charge in [-0.25, -0.2) is 0 Å². The van der Waals surface area contributed by atoms with E-state index in [4.69, 9.17) is 5.73 Å². The number of carbonyl (C=O) groups excluding carboxylic acids is 2. The maximum Gasteiger partial charge on any atom is 0.271 e. The number of nitrogen functional groups attached to an aromatic ring is 1. The lowest BCUT2D eigenvalue weighted by Crippen LogP contribution is -2.32. The average molecular weight is 281 g/mol. The monoisotopic (exact) mass is 281 g/mol. The van der Waals surface area contributed by atoms with Crippen LogP contribution >= 0.6 is 0 Å². The molecule has 2 amide bonds. The predicted octanol–water partition coefficient (Wildman–Crippen LogP) is 0.211. The van der Waals surface area contributed by atoms with Gasteiger partial charge in [0.2, 0.25) is 5.91 Å². The van der Waals surface area contributed by atoms with E-state index in [9.17, 15) is 9.59 Å². The largest absolute Gasteiger partial charge is 0.395 e. The quantitative estimate of drug-likeness (QED) is 0.665. The Balaban J connectivity index is 2.51. The maximum atomic E-state index is 12.0. The fraction of sp³-hybridized carbons (Fsp3) is 0.615. The van der Waals surface area contributed by atoms with E-state index in [-0.39, 0.29) is 24.8 Å². The van der Waals surface area contributed by atoms with Crippen molar-refractivity contribution < 1.29 is 9.59 Å². The molecule has 0 aliphatic rings. The van der Waals surface area contributed by atoms with Gasteiger partial charge in [-0.05, 0) is 12.8 Å². The molecule has 0 atom stereocenters. The van der Waals surface area contributed by atoms with Crippen molar-refractivity contribution in [2.75, 3.05) is 18.8 Å². The number of amides is 2. The van der Waals surface area contributed by atoms with Gasteiger partial charge in [0.15, 0.2) is 0 Å². The normalized spacial score (nSPS) is 10.3. The van der Waals surface area contributed by atoms with Gasteiger partial charge in [-0.1, -0.05) is 13.8 Å². The lowest BCUT2D eigenvalue weighted by molar-refractivity contribution is -0.120. The standard InChI is InChI=1S/C13H23N5O2/c1-4-7-15-10(19)6-8-16-13(20)12-11(14)9(5-2)17-18(12)3/h4-8,14H2,1-3H3,(H,15,19)(H,16,20). The molecular formula is C13H23N5O2. The van der Waals surface area contributed by atoms with E-state index in [0.29, 0.717) is 30.0 Å². The predicted molar refractivity (Wildman–Crippen MR) is 77.2 cm³/mol. The molecule has 0 radical (unpaired) electrons. The molecule has 0 spiro atoms. The number of nitrogens with two attached hydrogens (primary N) is 1. The smallest absolute Gasteiger partial charge is 0.271 e. The molecule has 1 rings (SSSR count). The SMILES string of the molecule is CCCNC(=O)CCNC(=O)c1c(N)c(CC)nn1C. The molecule has 0 bridgehead atoms. The van der Waals surface area contributed by atoms with Crippen LogP contribution < -0.4 is 16.4 Å². The van der Waals surface area contributed by atoms with Crippen molar-refractivity contribution >= 4 is 17.5 Å². The summed E-state index contributed by atoms with van der Waals surface area (Å²) in [4.78, 5) is 23.4. The first-order valence-electron chi connectivity index (χ1n) is 6.87. The Bertz CT molecular complexity index is 481. The Kier molecular flexibility index (Phi) is 6.02. The van der Waals surface area contributed by atoms with Gasteiger partial charge in [0.25, 0.3) is 5.91 Å². The molecular weight excluding hydrogens is 258 g/mol. The molecule has 7 heteroatoms. The lowest BCUT2D eigenvalue weighted by Gasteiger charge is -2.06. The number of aryl methyl sites for hydroxylation is 2. The minimum Gasteiger partial charge on any atom is -0.395 e. The summed E-state index contributed by atoms with van der Waals surface area (Å²) in [5, 5.41) is 9.62. The van der Waals surface area contributed by atoms with Gasteiger partial charge in [0.05, 0.1) is 11.4 Å². The van der Waals surface area contributed by atoms with Crippen molar-refractivity contribution in [3.05, 3.63) is 11.4 Å². The molecule has 0 aliphatic heterocycles. The number of hydrogen-bond acceptors (Lipinski definition) is 4. The van der Waals surface area contributed by atoms with Crippen LogP contribution in [0.5, 0.6) is 0 Å². The number of aromatic nitrogens is 2. The summed E-state index contributed by atoms with van der Waals surface area (Å²) in [5.41, 5.74) is 7.35. The molecule has 112 valence electrons. The van der Waals surface area contributed by atoms with Crippen LogP contribution in [0.4, 0.5) is 5.69 Å². The molecule has 1 aromatic heterocycles. The molecule has 1 heterocycles. The molecule has 4 N–H and O–H groups in total. The van der Waals surface area contributed by atoms with Crippen LogP contribution in [0.1, 0.15) is 42.9 Å². The maximum absolute atomic E-state index is 12.0. The Labute approximate surface area is 118 Å². The minimum absolute atomic E-state index is 0.0700. The summed E-state index contributed by atoms with van der Waals surface area (Å²) in [6.07, 6.45) is 1.82. The van der Waals surface area contributed by atoms with Gasteiger partial charge in [-0.15, -0.1) is 0 Å². The van der Waals surface area contributed by atoms with E-state index in [0.717, 1.165) is 6.42 Å². The lowest BCUT2D eigenvalue weighted by atomic mass is 10.2. The molecule has 0 saturated carbocycles. The first kappa shape index (κ1) is 16.0. The second kappa shape index (κ2) is 7.52. The van der Waals surface area contributed by atoms with Gasteiger partial charge in [-0.2, -0.15) is 5.10 Å². The topological polar surface area (TPSA) is 102 Å². The molecule has 1 aromatic rings. The van der Waals surface area contributed by atoms with Crippen molar-refractivity contribution in [1.29, 1.82) is 0 Å². The first-order chi connectivity index (χ1) is 9.51. The average Bonchev–Trinajstić information content (AvgIpc) is 2.70. The highest BCUT2D eigenvalue weighted by Gasteiger charge is 2.18. The van der Waals surface area contributed by atoms with Crippen LogP contribution in [0.2, 0.25) is 0 Å². The number of nitrogens with one attached hydrogen (secondary N) is 2. The van der Waals surface area contributed by atoms with E-state index in [1.807, 2.05) is 13.8 Å². The number of nitrogens with zero attached hydrogens (tertiary/aromatic N) is 2. The van der Waals surface area contributed by atoms with Crippen molar-refractivity contribution in [3.8, 4) is 0 Å².